The molecule has 0 aromatic carbocycles. The van der Waals surface area contributed by atoms with Crippen LogP contribution < -0.4 is 4.90 Å². The molecule has 7 heteroatoms. The minimum absolute atomic E-state index is 0.144. The van der Waals surface area contributed by atoms with E-state index in [1.165, 1.54) is 18.4 Å². The molecule has 2 aliphatic heterocycles. The first-order chi connectivity index (χ1) is 15.8. The van der Waals surface area contributed by atoms with Crippen LogP contribution >= 0.6 is 0 Å². The van der Waals surface area contributed by atoms with E-state index in [0.717, 1.165) is 42.0 Å². The molecule has 2 aliphatic carbocycles. The second-order valence-corrected chi connectivity index (χ2v) is 10.9. The Bertz CT molecular complexity index is 1300. The summed E-state index contributed by atoms with van der Waals surface area (Å²) < 4.78 is 1.96. The Morgan fingerprint density at radius 3 is 2.55 bits per heavy atom. The van der Waals surface area contributed by atoms with E-state index in [0.29, 0.717) is 29.3 Å². The standard InChI is InChI=1S/C26H28N6O/c1-26(2,3)24(33)17-9-18-11-19(10-17)31(18)25-23-20(16-4-5-16)12-22(32(23)30-14-29-25)21-8-15(13-27)6-7-28-21/h6-8,12,14,16-19H,4-5,9-11H2,1-3H3. The number of carbonyl (C=O) groups excluding carboxylic acids is 1. The second-order valence-electron chi connectivity index (χ2n) is 10.9. The quantitative estimate of drug-likeness (QED) is 0.593. The van der Waals surface area contributed by atoms with Crippen LogP contribution in [0.1, 0.15) is 69.9 Å². The summed E-state index contributed by atoms with van der Waals surface area (Å²) in [5.74, 6) is 2.04. The summed E-state index contributed by atoms with van der Waals surface area (Å²) in [5, 5.41) is 14.0. The Morgan fingerprint density at radius 1 is 1.12 bits per heavy atom. The Hall–Kier alpha value is -3.27. The van der Waals surface area contributed by atoms with Crippen molar-refractivity contribution >= 4 is 17.1 Å². The van der Waals surface area contributed by atoms with Gasteiger partial charge in [-0.3, -0.25) is 9.78 Å². The summed E-state index contributed by atoms with van der Waals surface area (Å²) in [4.78, 5) is 24.7. The molecule has 2 bridgehead atoms. The average Bonchev–Trinajstić information content (AvgIpc) is 3.58. The fourth-order valence-electron chi connectivity index (χ4n) is 5.82. The smallest absolute Gasteiger partial charge is 0.157 e. The van der Waals surface area contributed by atoms with Crippen LogP contribution in [0, 0.1) is 22.7 Å². The lowest BCUT2D eigenvalue weighted by Gasteiger charge is -2.56. The first-order valence-corrected chi connectivity index (χ1v) is 11.9. The molecule has 0 amide bonds. The Morgan fingerprint density at radius 2 is 1.88 bits per heavy atom. The summed E-state index contributed by atoms with van der Waals surface area (Å²) in [6.07, 6.45) is 8.59. The summed E-state index contributed by atoms with van der Waals surface area (Å²) >= 11 is 0. The maximum atomic E-state index is 12.9. The van der Waals surface area contributed by atoms with Crippen molar-refractivity contribution in [3.63, 3.8) is 0 Å². The van der Waals surface area contributed by atoms with Gasteiger partial charge in [0, 0.05) is 29.6 Å². The van der Waals surface area contributed by atoms with Gasteiger partial charge in [0.05, 0.1) is 23.0 Å². The summed E-state index contributed by atoms with van der Waals surface area (Å²) in [7, 11) is 0. The molecule has 0 spiro atoms. The third-order valence-corrected chi connectivity index (χ3v) is 7.53. The number of nitriles is 1. The van der Waals surface area contributed by atoms with Gasteiger partial charge in [-0.2, -0.15) is 10.4 Å². The highest BCUT2D eigenvalue weighted by Crippen LogP contribution is 2.50. The monoisotopic (exact) mass is 440 g/mol. The molecule has 2 saturated heterocycles. The Balaban J connectivity index is 1.41. The molecule has 168 valence electrons. The maximum Gasteiger partial charge on any atom is 0.157 e. The lowest BCUT2D eigenvalue weighted by molar-refractivity contribution is -0.132. The molecule has 3 aromatic rings. The van der Waals surface area contributed by atoms with Gasteiger partial charge in [-0.05, 0) is 61.8 Å². The van der Waals surface area contributed by atoms with Crippen molar-refractivity contribution in [3.8, 4) is 17.5 Å². The van der Waals surface area contributed by atoms with Crippen molar-refractivity contribution in [2.24, 2.45) is 11.3 Å². The number of Topliss-reactive ketones (excluding diaryl/α,β-unsaturated/α-hetero) is 1. The number of anilines is 1. The average molecular weight is 441 g/mol. The van der Waals surface area contributed by atoms with Crippen molar-refractivity contribution in [1.29, 1.82) is 5.26 Å². The predicted octanol–water partition coefficient (Wildman–Crippen LogP) is 4.51. The number of hydrogen-bond acceptors (Lipinski definition) is 6. The number of ketones is 1. The highest BCUT2D eigenvalue weighted by molar-refractivity contribution is 5.87. The van der Waals surface area contributed by atoms with Gasteiger partial charge in [0.1, 0.15) is 17.6 Å². The van der Waals surface area contributed by atoms with E-state index in [-0.39, 0.29) is 11.3 Å². The van der Waals surface area contributed by atoms with Crippen LogP contribution in [0.25, 0.3) is 16.9 Å². The predicted molar refractivity (Wildman–Crippen MR) is 125 cm³/mol. The van der Waals surface area contributed by atoms with Gasteiger partial charge < -0.3 is 4.90 Å². The number of hydrogen-bond donors (Lipinski definition) is 0. The molecule has 5 heterocycles. The minimum Gasteiger partial charge on any atom is -0.349 e. The highest BCUT2D eigenvalue weighted by Gasteiger charge is 2.50. The third kappa shape index (κ3) is 3.23. The number of carbonyl (C=O) groups is 1. The van der Waals surface area contributed by atoms with Crippen molar-refractivity contribution in [3.05, 3.63) is 41.9 Å². The van der Waals surface area contributed by atoms with Crippen LogP contribution in [0.5, 0.6) is 0 Å². The van der Waals surface area contributed by atoms with E-state index in [9.17, 15) is 10.1 Å². The molecule has 0 radical (unpaired) electrons. The number of nitrogens with zero attached hydrogens (tertiary/aromatic N) is 6. The number of pyridine rings is 1. The van der Waals surface area contributed by atoms with Gasteiger partial charge in [-0.1, -0.05) is 20.8 Å². The first-order valence-electron chi connectivity index (χ1n) is 11.9. The normalized spacial score (nSPS) is 24.4. The molecule has 7 nitrogen and oxygen atoms in total. The summed E-state index contributed by atoms with van der Waals surface area (Å²) in [6.45, 7) is 6.09. The molecular weight excluding hydrogens is 412 g/mol. The largest absolute Gasteiger partial charge is 0.349 e. The molecule has 0 N–H and O–H groups in total. The lowest BCUT2D eigenvalue weighted by Crippen LogP contribution is -2.63. The van der Waals surface area contributed by atoms with E-state index in [1.807, 2.05) is 31.4 Å². The summed E-state index contributed by atoms with van der Waals surface area (Å²) in [5.41, 5.74) is 4.29. The van der Waals surface area contributed by atoms with Gasteiger partial charge in [0.2, 0.25) is 0 Å². The fourth-order valence-corrected chi connectivity index (χ4v) is 5.82. The Labute approximate surface area is 193 Å². The van der Waals surface area contributed by atoms with Crippen molar-refractivity contribution < 1.29 is 4.79 Å². The van der Waals surface area contributed by atoms with Crippen LogP contribution in [0.3, 0.4) is 0 Å². The SMILES string of the molecule is CC(C)(C)C(=O)C1CC2CC(C1)N2c1ncnn2c(-c3cc(C#N)ccn3)cc(C3CC3)c12. The van der Waals surface area contributed by atoms with Gasteiger partial charge in [-0.25, -0.2) is 9.50 Å². The zero-order valence-corrected chi connectivity index (χ0v) is 19.3. The van der Waals surface area contributed by atoms with E-state index < -0.39 is 0 Å². The van der Waals surface area contributed by atoms with Gasteiger partial charge >= 0.3 is 0 Å². The second kappa shape index (κ2) is 7.11. The topological polar surface area (TPSA) is 87.2 Å². The Kier molecular flexibility index (Phi) is 4.39. The minimum atomic E-state index is -0.290. The van der Waals surface area contributed by atoms with E-state index >= 15 is 0 Å². The van der Waals surface area contributed by atoms with Crippen molar-refractivity contribution in [2.75, 3.05) is 4.90 Å². The number of rotatable bonds is 4. The van der Waals surface area contributed by atoms with Crippen LogP contribution in [-0.4, -0.2) is 37.4 Å². The van der Waals surface area contributed by atoms with E-state index in [2.05, 4.69) is 27.1 Å². The molecule has 2 saturated carbocycles. The molecule has 4 fully saturated rings. The fraction of sp³-hybridized carbons (Fsp3) is 0.500. The zero-order chi connectivity index (χ0) is 22.9. The van der Waals surface area contributed by atoms with Crippen molar-refractivity contribution in [1.82, 2.24) is 19.6 Å². The number of aromatic nitrogens is 4. The van der Waals surface area contributed by atoms with E-state index in [4.69, 9.17) is 4.98 Å². The molecule has 33 heavy (non-hydrogen) atoms. The highest BCUT2D eigenvalue weighted by atomic mass is 16.1. The van der Waals surface area contributed by atoms with Crippen LogP contribution in [0.15, 0.2) is 30.7 Å². The molecule has 7 rings (SSSR count). The zero-order valence-electron chi connectivity index (χ0n) is 19.3. The van der Waals surface area contributed by atoms with Gasteiger partial charge in [-0.15, -0.1) is 0 Å². The summed E-state index contributed by atoms with van der Waals surface area (Å²) in [6, 6.07) is 8.64. The molecule has 2 atom stereocenters. The number of piperidine rings is 1. The molecule has 4 aliphatic rings. The lowest BCUT2D eigenvalue weighted by atomic mass is 9.68. The van der Waals surface area contributed by atoms with Crippen molar-refractivity contribution in [2.45, 2.75) is 70.9 Å². The van der Waals surface area contributed by atoms with Crippen LogP contribution in [-0.2, 0) is 4.79 Å². The van der Waals surface area contributed by atoms with E-state index in [1.54, 1.807) is 18.6 Å². The third-order valence-electron chi connectivity index (χ3n) is 7.53. The molecule has 2 unspecified atom stereocenters. The molecular formula is C26H28N6O. The first kappa shape index (κ1) is 20.3. The molecule has 3 aromatic heterocycles. The maximum absolute atomic E-state index is 12.9. The van der Waals surface area contributed by atoms with Gasteiger partial charge in [0.15, 0.2) is 5.82 Å². The van der Waals surface area contributed by atoms with Crippen LogP contribution in [0.2, 0.25) is 0 Å². The number of fused-ring (bicyclic) bond motifs is 3. The van der Waals surface area contributed by atoms with Gasteiger partial charge in [0.25, 0.3) is 0 Å². The van der Waals surface area contributed by atoms with Crippen LogP contribution in [0.4, 0.5) is 5.82 Å².